The summed E-state index contributed by atoms with van der Waals surface area (Å²) in [5, 5.41) is 6.01. The fourth-order valence-corrected chi connectivity index (χ4v) is 2.14. The molecule has 1 aliphatic heterocycles. The summed E-state index contributed by atoms with van der Waals surface area (Å²) in [6.07, 6.45) is 0. The predicted octanol–water partition coefficient (Wildman–Crippen LogP) is 1.48. The van der Waals surface area contributed by atoms with Gasteiger partial charge in [0.2, 0.25) is 5.91 Å². The average Bonchev–Trinajstić information content (AvgIpc) is 2.37. The van der Waals surface area contributed by atoms with Crippen molar-refractivity contribution in [2.45, 2.75) is 12.6 Å². The van der Waals surface area contributed by atoms with E-state index in [2.05, 4.69) is 26.6 Å². The number of halogens is 2. The Labute approximate surface area is 121 Å². The van der Waals surface area contributed by atoms with Gasteiger partial charge in [-0.1, -0.05) is 28.1 Å². The second-order valence-corrected chi connectivity index (χ2v) is 4.85. The van der Waals surface area contributed by atoms with Crippen LogP contribution in [0, 0.1) is 0 Å². The molecule has 1 saturated heterocycles. The molecule has 1 aromatic rings. The highest BCUT2D eigenvalue weighted by molar-refractivity contribution is 9.10. The third-order valence-corrected chi connectivity index (χ3v) is 3.09. The summed E-state index contributed by atoms with van der Waals surface area (Å²) < 4.78 is 6.26. The molecule has 0 radical (unpaired) electrons. The third kappa shape index (κ3) is 4.57. The van der Waals surface area contributed by atoms with E-state index in [1.807, 2.05) is 24.3 Å². The number of hydrogen-bond acceptors (Lipinski definition) is 3. The third-order valence-electron chi connectivity index (χ3n) is 2.59. The number of hydrogen-bond donors (Lipinski definition) is 2. The topological polar surface area (TPSA) is 50.4 Å². The number of ether oxygens (including phenoxy) is 1. The molecule has 0 bridgehead atoms. The largest absolute Gasteiger partial charge is 0.378 e. The van der Waals surface area contributed by atoms with E-state index in [9.17, 15) is 4.79 Å². The van der Waals surface area contributed by atoms with Crippen molar-refractivity contribution in [2.24, 2.45) is 0 Å². The molecule has 0 spiro atoms. The van der Waals surface area contributed by atoms with Crippen LogP contribution >= 0.6 is 28.3 Å². The van der Waals surface area contributed by atoms with Gasteiger partial charge in [-0.2, -0.15) is 0 Å². The van der Waals surface area contributed by atoms with Crippen molar-refractivity contribution in [1.29, 1.82) is 0 Å². The van der Waals surface area contributed by atoms with Gasteiger partial charge in [-0.3, -0.25) is 4.79 Å². The molecule has 0 aromatic heterocycles. The maximum atomic E-state index is 11.8. The van der Waals surface area contributed by atoms with Crippen molar-refractivity contribution in [3.63, 3.8) is 0 Å². The molecule has 2 N–H and O–H groups in total. The molecule has 18 heavy (non-hydrogen) atoms. The highest BCUT2D eigenvalue weighted by Gasteiger charge is 2.20. The second kappa shape index (κ2) is 7.74. The first kappa shape index (κ1) is 15.4. The van der Waals surface area contributed by atoms with Crippen molar-refractivity contribution >= 4 is 34.2 Å². The van der Waals surface area contributed by atoms with Crippen LogP contribution in [0.4, 0.5) is 0 Å². The Kier molecular flexibility index (Phi) is 6.63. The van der Waals surface area contributed by atoms with Gasteiger partial charge in [0.05, 0.1) is 13.2 Å². The highest BCUT2D eigenvalue weighted by Crippen LogP contribution is 2.11. The Morgan fingerprint density at radius 2 is 2.39 bits per heavy atom. The maximum absolute atomic E-state index is 11.8. The van der Waals surface area contributed by atoms with Crippen LogP contribution in [-0.4, -0.2) is 31.7 Å². The van der Waals surface area contributed by atoms with E-state index in [1.165, 1.54) is 0 Å². The minimum absolute atomic E-state index is 0. The Morgan fingerprint density at radius 1 is 1.56 bits per heavy atom. The lowest BCUT2D eigenvalue weighted by Crippen LogP contribution is -2.51. The standard InChI is InChI=1S/C12H15BrN2O2.ClH/c13-10-3-1-2-9(6-10)7-15-12(16)11-8-17-5-4-14-11;/h1-3,6,11,14H,4-5,7-8H2,(H,15,16);1H. The Hall–Kier alpha value is -0.620. The minimum Gasteiger partial charge on any atom is -0.378 e. The van der Waals surface area contributed by atoms with Crippen molar-refractivity contribution in [3.8, 4) is 0 Å². The van der Waals surface area contributed by atoms with Gasteiger partial charge in [-0.05, 0) is 17.7 Å². The molecule has 1 aliphatic rings. The lowest BCUT2D eigenvalue weighted by molar-refractivity contribution is -0.126. The molecule has 1 heterocycles. The van der Waals surface area contributed by atoms with E-state index in [0.29, 0.717) is 19.8 Å². The number of benzene rings is 1. The van der Waals surface area contributed by atoms with Crippen molar-refractivity contribution in [1.82, 2.24) is 10.6 Å². The Morgan fingerprint density at radius 3 is 3.06 bits per heavy atom. The quantitative estimate of drug-likeness (QED) is 0.879. The second-order valence-electron chi connectivity index (χ2n) is 3.93. The summed E-state index contributed by atoms with van der Waals surface area (Å²) in [6, 6.07) is 7.66. The lowest BCUT2D eigenvalue weighted by atomic mass is 10.2. The van der Waals surface area contributed by atoms with Crippen molar-refractivity contribution in [2.75, 3.05) is 19.8 Å². The number of nitrogens with one attached hydrogen (secondary N) is 2. The van der Waals surface area contributed by atoms with Crippen LogP contribution in [0.3, 0.4) is 0 Å². The molecule has 1 fully saturated rings. The lowest BCUT2D eigenvalue weighted by Gasteiger charge is -2.22. The molecule has 2 rings (SSSR count). The summed E-state index contributed by atoms with van der Waals surface area (Å²) >= 11 is 3.40. The van der Waals surface area contributed by atoms with Crippen LogP contribution in [0.1, 0.15) is 5.56 Å². The minimum atomic E-state index is -0.226. The van der Waals surface area contributed by atoms with Gasteiger partial charge in [0.15, 0.2) is 0 Å². The summed E-state index contributed by atoms with van der Waals surface area (Å²) in [6.45, 7) is 2.39. The van der Waals surface area contributed by atoms with Crippen LogP contribution in [0.5, 0.6) is 0 Å². The number of amides is 1. The first-order chi connectivity index (χ1) is 8.25. The van der Waals surface area contributed by atoms with E-state index in [0.717, 1.165) is 16.6 Å². The number of morpholine rings is 1. The fourth-order valence-electron chi connectivity index (χ4n) is 1.69. The van der Waals surface area contributed by atoms with Crippen molar-refractivity contribution < 1.29 is 9.53 Å². The van der Waals surface area contributed by atoms with Crippen LogP contribution in [0.25, 0.3) is 0 Å². The highest BCUT2D eigenvalue weighted by atomic mass is 79.9. The van der Waals surface area contributed by atoms with Crippen LogP contribution in [0.2, 0.25) is 0 Å². The van der Waals surface area contributed by atoms with E-state index in [-0.39, 0.29) is 24.4 Å². The molecule has 1 aromatic carbocycles. The summed E-state index contributed by atoms with van der Waals surface area (Å²) in [7, 11) is 0. The predicted molar refractivity (Wildman–Crippen MR) is 75.8 cm³/mol. The normalized spacial score (nSPS) is 18.8. The zero-order valence-electron chi connectivity index (χ0n) is 9.82. The number of carbonyl (C=O) groups excluding carboxylic acids is 1. The fraction of sp³-hybridized carbons (Fsp3) is 0.417. The molecule has 100 valence electrons. The molecule has 1 atom stereocenters. The zero-order chi connectivity index (χ0) is 12.1. The smallest absolute Gasteiger partial charge is 0.239 e. The van der Waals surface area contributed by atoms with E-state index >= 15 is 0 Å². The monoisotopic (exact) mass is 334 g/mol. The molecule has 4 nitrogen and oxygen atoms in total. The average molecular weight is 336 g/mol. The van der Waals surface area contributed by atoms with Gasteiger partial charge in [-0.15, -0.1) is 12.4 Å². The molecular formula is C12H16BrClN2O2. The summed E-state index contributed by atoms with van der Waals surface area (Å²) in [4.78, 5) is 11.8. The van der Waals surface area contributed by atoms with Gasteiger partial charge in [0.25, 0.3) is 0 Å². The van der Waals surface area contributed by atoms with Crippen LogP contribution in [0.15, 0.2) is 28.7 Å². The van der Waals surface area contributed by atoms with Gasteiger partial charge < -0.3 is 15.4 Å². The van der Waals surface area contributed by atoms with Crippen LogP contribution < -0.4 is 10.6 Å². The first-order valence-electron chi connectivity index (χ1n) is 5.59. The zero-order valence-corrected chi connectivity index (χ0v) is 12.2. The SMILES string of the molecule is Cl.O=C(NCc1cccc(Br)c1)C1COCCN1. The van der Waals surface area contributed by atoms with Crippen molar-refractivity contribution in [3.05, 3.63) is 34.3 Å². The molecular weight excluding hydrogens is 320 g/mol. The Bertz CT molecular complexity index is 397. The van der Waals surface area contributed by atoms with Gasteiger partial charge in [0.1, 0.15) is 6.04 Å². The molecule has 1 unspecified atom stereocenters. The van der Waals surface area contributed by atoms with E-state index in [1.54, 1.807) is 0 Å². The number of rotatable bonds is 3. The van der Waals surface area contributed by atoms with Gasteiger partial charge in [-0.25, -0.2) is 0 Å². The van der Waals surface area contributed by atoms with Gasteiger partial charge in [0, 0.05) is 17.6 Å². The molecule has 0 saturated carbocycles. The molecule has 1 amide bonds. The first-order valence-corrected chi connectivity index (χ1v) is 6.38. The summed E-state index contributed by atoms with van der Waals surface area (Å²) in [5.41, 5.74) is 1.07. The maximum Gasteiger partial charge on any atom is 0.239 e. The molecule has 0 aliphatic carbocycles. The Balaban J connectivity index is 0.00000162. The molecule has 6 heteroatoms. The number of carbonyl (C=O) groups is 1. The summed E-state index contributed by atoms with van der Waals surface area (Å²) in [5.74, 6) is -0.00956. The van der Waals surface area contributed by atoms with E-state index in [4.69, 9.17) is 4.74 Å². The van der Waals surface area contributed by atoms with E-state index < -0.39 is 0 Å². The van der Waals surface area contributed by atoms with Gasteiger partial charge >= 0.3 is 0 Å². The van der Waals surface area contributed by atoms with Crippen LogP contribution in [-0.2, 0) is 16.1 Å².